The van der Waals surface area contributed by atoms with E-state index in [4.69, 9.17) is 25.8 Å². The molecule has 33 heavy (non-hydrogen) atoms. The van der Waals surface area contributed by atoms with Crippen molar-refractivity contribution in [2.75, 3.05) is 19.8 Å². The highest BCUT2D eigenvalue weighted by Crippen LogP contribution is 2.37. The van der Waals surface area contributed by atoms with Crippen LogP contribution in [0, 0.1) is 6.92 Å². The maximum atomic E-state index is 12.8. The van der Waals surface area contributed by atoms with E-state index in [-0.39, 0.29) is 36.2 Å². The van der Waals surface area contributed by atoms with Gasteiger partial charge in [0.25, 0.3) is 5.91 Å². The minimum absolute atomic E-state index is 0.116. The van der Waals surface area contributed by atoms with Gasteiger partial charge in [-0.1, -0.05) is 41.4 Å². The fourth-order valence-corrected chi connectivity index (χ4v) is 3.44. The van der Waals surface area contributed by atoms with Crippen LogP contribution in [-0.4, -0.2) is 42.6 Å². The van der Waals surface area contributed by atoms with Crippen LogP contribution >= 0.6 is 11.6 Å². The first-order valence-electron chi connectivity index (χ1n) is 10.5. The molecule has 1 heterocycles. The summed E-state index contributed by atoms with van der Waals surface area (Å²) in [4.78, 5) is 38.0. The summed E-state index contributed by atoms with van der Waals surface area (Å²) in [5.74, 6) is -0.488. The first kappa shape index (κ1) is 24.1. The fraction of sp³-hybridized carbons (Fsp3) is 0.292. The lowest BCUT2D eigenvalue weighted by Crippen LogP contribution is -2.30. The number of carbonyl (C=O) groups excluding carboxylic acids is 3. The Kier molecular flexibility index (Phi) is 7.95. The second kappa shape index (κ2) is 10.9. The molecule has 0 aliphatic carbocycles. The number of imide groups is 1. The molecule has 1 fully saturated rings. The predicted octanol–water partition coefficient (Wildman–Crippen LogP) is 4.08. The van der Waals surface area contributed by atoms with Crippen molar-refractivity contribution in [2.24, 2.45) is 0 Å². The van der Waals surface area contributed by atoms with Gasteiger partial charge in [0.15, 0.2) is 18.1 Å². The maximum Gasteiger partial charge on any atom is 0.344 e. The smallest absolute Gasteiger partial charge is 0.344 e. The number of esters is 1. The van der Waals surface area contributed by atoms with Crippen molar-refractivity contribution >= 4 is 35.6 Å². The number of rotatable bonds is 9. The van der Waals surface area contributed by atoms with Crippen LogP contribution < -0.4 is 14.8 Å². The zero-order valence-electron chi connectivity index (χ0n) is 18.6. The maximum absolute atomic E-state index is 12.8. The number of nitrogens with one attached hydrogen (secondary N) is 1. The summed E-state index contributed by atoms with van der Waals surface area (Å²) in [6.07, 6.45) is 1.51. The van der Waals surface area contributed by atoms with Crippen LogP contribution in [0.4, 0.5) is 4.79 Å². The molecule has 0 aromatic heterocycles. The van der Waals surface area contributed by atoms with Crippen molar-refractivity contribution in [3.8, 4) is 11.5 Å². The molecule has 0 atom stereocenters. The summed E-state index contributed by atoms with van der Waals surface area (Å²) in [7, 11) is 0. The minimum atomic E-state index is -0.532. The number of aryl methyl sites for hydroxylation is 1. The topological polar surface area (TPSA) is 94.2 Å². The van der Waals surface area contributed by atoms with Gasteiger partial charge in [0.1, 0.15) is 5.70 Å². The molecule has 1 N–H and O–H groups in total. The third kappa shape index (κ3) is 6.04. The minimum Gasteiger partial charge on any atom is -0.490 e. The van der Waals surface area contributed by atoms with Gasteiger partial charge in [0.05, 0.1) is 24.8 Å². The van der Waals surface area contributed by atoms with E-state index in [0.717, 1.165) is 16.0 Å². The number of hydrogen-bond acceptors (Lipinski definition) is 6. The van der Waals surface area contributed by atoms with Gasteiger partial charge < -0.3 is 19.5 Å². The number of carbonyl (C=O) groups is 3. The Morgan fingerprint density at radius 1 is 1.09 bits per heavy atom. The van der Waals surface area contributed by atoms with Crippen LogP contribution in [0.25, 0.3) is 6.08 Å². The fourth-order valence-electron chi connectivity index (χ4n) is 3.17. The van der Waals surface area contributed by atoms with Crippen LogP contribution in [0.5, 0.6) is 11.5 Å². The average Bonchev–Trinajstić information content (AvgIpc) is 3.02. The number of amides is 3. The molecule has 3 amide bonds. The summed E-state index contributed by atoms with van der Waals surface area (Å²) in [5, 5.41) is 2.78. The lowest BCUT2D eigenvalue weighted by molar-refractivity contribution is -0.145. The number of hydrogen-bond donors (Lipinski definition) is 1. The average molecular weight is 473 g/mol. The highest BCUT2D eigenvalue weighted by atomic mass is 35.5. The van der Waals surface area contributed by atoms with E-state index >= 15 is 0 Å². The van der Waals surface area contributed by atoms with Crippen molar-refractivity contribution < 1.29 is 28.6 Å². The van der Waals surface area contributed by atoms with E-state index in [1.807, 2.05) is 31.2 Å². The first-order valence-corrected chi connectivity index (χ1v) is 10.8. The summed E-state index contributed by atoms with van der Waals surface area (Å²) < 4.78 is 15.9. The lowest BCUT2D eigenvalue weighted by Gasteiger charge is -2.14. The standard InChI is InChI=1S/C24H25ClN2O6/c1-4-31-20-12-17(10-18(25)22(20)33-14-21(28)32-5-2)11-19-23(29)27(24(30)26-19)13-16-8-6-15(3)7-9-16/h6-12H,4-5,13-14H2,1-3H3,(H,26,30)/b19-11+. The van der Waals surface area contributed by atoms with Crippen LogP contribution in [0.3, 0.4) is 0 Å². The molecule has 1 aliphatic heterocycles. The molecule has 0 spiro atoms. The molecule has 2 aromatic rings. The van der Waals surface area contributed by atoms with Crippen molar-refractivity contribution in [3.05, 3.63) is 63.8 Å². The Hall–Kier alpha value is -3.52. The summed E-state index contributed by atoms with van der Waals surface area (Å²) in [6, 6.07) is 10.3. The summed E-state index contributed by atoms with van der Waals surface area (Å²) in [5.41, 5.74) is 2.57. The number of ether oxygens (including phenoxy) is 3. The van der Waals surface area contributed by atoms with Gasteiger partial charge in [-0.05, 0) is 50.1 Å². The summed E-state index contributed by atoms with van der Waals surface area (Å²) >= 11 is 6.36. The Labute approximate surface area is 197 Å². The molecular formula is C24H25ClN2O6. The van der Waals surface area contributed by atoms with Crippen molar-refractivity contribution in [1.29, 1.82) is 0 Å². The van der Waals surface area contributed by atoms with Gasteiger partial charge in [-0.25, -0.2) is 9.59 Å². The van der Waals surface area contributed by atoms with Gasteiger partial charge in [-0.15, -0.1) is 0 Å². The Balaban J connectivity index is 1.81. The van der Waals surface area contributed by atoms with Crippen LogP contribution in [0.1, 0.15) is 30.5 Å². The second-order valence-electron chi connectivity index (χ2n) is 7.22. The highest BCUT2D eigenvalue weighted by molar-refractivity contribution is 6.32. The molecule has 0 saturated carbocycles. The monoisotopic (exact) mass is 472 g/mol. The molecule has 1 saturated heterocycles. The number of urea groups is 1. The number of halogens is 1. The van der Waals surface area contributed by atoms with Gasteiger partial charge in [0.2, 0.25) is 0 Å². The molecule has 3 rings (SSSR count). The molecule has 174 valence electrons. The normalized spacial score (nSPS) is 14.4. The largest absolute Gasteiger partial charge is 0.490 e. The quantitative estimate of drug-likeness (QED) is 0.336. The third-order valence-electron chi connectivity index (χ3n) is 4.71. The van der Waals surface area contributed by atoms with Gasteiger partial charge in [-0.2, -0.15) is 0 Å². The molecule has 8 nitrogen and oxygen atoms in total. The Morgan fingerprint density at radius 2 is 1.82 bits per heavy atom. The molecular weight excluding hydrogens is 448 g/mol. The van der Waals surface area contributed by atoms with E-state index in [2.05, 4.69) is 5.32 Å². The van der Waals surface area contributed by atoms with Crippen molar-refractivity contribution in [1.82, 2.24) is 10.2 Å². The predicted molar refractivity (Wildman–Crippen MR) is 123 cm³/mol. The van der Waals surface area contributed by atoms with E-state index in [1.165, 1.54) is 6.08 Å². The molecule has 9 heteroatoms. The summed E-state index contributed by atoms with van der Waals surface area (Å²) in [6.45, 7) is 5.85. The van der Waals surface area contributed by atoms with E-state index in [1.54, 1.807) is 26.0 Å². The SMILES string of the molecule is CCOC(=O)COc1c(Cl)cc(/C=C2/NC(=O)N(Cc3ccc(C)cc3)C2=O)cc1OCC. The van der Waals surface area contributed by atoms with E-state index in [9.17, 15) is 14.4 Å². The number of nitrogens with zero attached hydrogens (tertiary/aromatic N) is 1. The van der Waals surface area contributed by atoms with E-state index in [0.29, 0.717) is 17.9 Å². The first-order chi connectivity index (χ1) is 15.8. The van der Waals surface area contributed by atoms with Crippen molar-refractivity contribution in [3.63, 3.8) is 0 Å². The third-order valence-corrected chi connectivity index (χ3v) is 4.99. The molecule has 0 bridgehead atoms. The Morgan fingerprint density at radius 3 is 2.48 bits per heavy atom. The van der Waals surface area contributed by atoms with Crippen LogP contribution in [0.2, 0.25) is 5.02 Å². The van der Waals surface area contributed by atoms with Crippen LogP contribution in [0.15, 0.2) is 42.1 Å². The zero-order valence-corrected chi connectivity index (χ0v) is 19.4. The second-order valence-corrected chi connectivity index (χ2v) is 7.63. The Bertz CT molecular complexity index is 1080. The zero-order chi connectivity index (χ0) is 24.0. The van der Waals surface area contributed by atoms with Crippen molar-refractivity contribution in [2.45, 2.75) is 27.3 Å². The molecule has 2 aromatic carbocycles. The van der Waals surface area contributed by atoms with Gasteiger partial charge in [-0.3, -0.25) is 9.69 Å². The molecule has 0 unspecified atom stereocenters. The highest BCUT2D eigenvalue weighted by Gasteiger charge is 2.33. The molecule has 0 radical (unpaired) electrons. The van der Waals surface area contributed by atoms with Gasteiger partial charge >= 0.3 is 12.0 Å². The van der Waals surface area contributed by atoms with Gasteiger partial charge in [0, 0.05) is 0 Å². The van der Waals surface area contributed by atoms with Crippen LogP contribution in [-0.2, 0) is 20.9 Å². The number of benzene rings is 2. The molecule has 1 aliphatic rings. The lowest BCUT2D eigenvalue weighted by atomic mass is 10.1. The van der Waals surface area contributed by atoms with E-state index < -0.39 is 17.9 Å².